The molecule has 0 radical (unpaired) electrons. The van der Waals surface area contributed by atoms with Crippen molar-refractivity contribution in [2.45, 2.75) is 26.3 Å². The predicted molar refractivity (Wildman–Crippen MR) is 86.1 cm³/mol. The maximum atomic E-state index is 6.32. The molecule has 1 atom stereocenters. The first-order valence-corrected chi connectivity index (χ1v) is 8.24. The zero-order valence-corrected chi connectivity index (χ0v) is 14.1. The molecule has 0 fully saturated rings. The van der Waals surface area contributed by atoms with E-state index in [2.05, 4.69) is 44.6 Å². The van der Waals surface area contributed by atoms with E-state index in [1.807, 2.05) is 19.1 Å². The van der Waals surface area contributed by atoms with Crippen molar-refractivity contribution in [1.29, 1.82) is 0 Å². The number of likely N-dealkylation sites (N-methyl/N-ethyl adjacent to an activating group) is 1. The van der Waals surface area contributed by atoms with Crippen molar-refractivity contribution in [3.8, 4) is 0 Å². The Morgan fingerprint density at radius 3 is 2.89 bits per heavy atom. The molecule has 1 aromatic carbocycles. The Bertz CT molecular complexity index is 556. The Labute approximate surface area is 131 Å². The number of nitrogens with zero attached hydrogens (tertiary/aromatic N) is 1. The summed E-state index contributed by atoms with van der Waals surface area (Å²) in [6.07, 6.45) is 0.864. The van der Waals surface area contributed by atoms with E-state index < -0.39 is 0 Å². The van der Waals surface area contributed by atoms with Crippen LogP contribution in [-0.2, 0) is 6.42 Å². The molecule has 0 bridgehead atoms. The van der Waals surface area contributed by atoms with Crippen molar-refractivity contribution < 1.29 is 0 Å². The van der Waals surface area contributed by atoms with Crippen molar-refractivity contribution >= 4 is 38.9 Å². The Balaban J connectivity index is 2.26. The van der Waals surface area contributed by atoms with Crippen LogP contribution >= 0.6 is 38.9 Å². The van der Waals surface area contributed by atoms with Crippen LogP contribution < -0.4 is 5.32 Å². The maximum Gasteiger partial charge on any atom is 0.0947 e. The number of rotatable bonds is 5. The minimum Gasteiger partial charge on any atom is -0.310 e. The van der Waals surface area contributed by atoms with Gasteiger partial charge in [-0.15, -0.1) is 11.3 Å². The summed E-state index contributed by atoms with van der Waals surface area (Å²) < 4.78 is 1.05. The monoisotopic (exact) mass is 358 g/mol. The Hall–Kier alpha value is -0.420. The number of nitrogens with one attached hydrogen (secondary N) is 1. The highest BCUT2D eigenvalue weighted by Crippen LogP contribution is 2.29. The van der Waals surface area contributed by atoms with Crippen LogP contribution in [0.1, 0.15) is 29.2 Å². The van der Waals surface area contributed by atoms with E-state index in [1.54, 1.807) is 11.3 Å². The van der Waals surface area contributed by atoms with Gasteiger partial charge in [0.25, 0.3) is 0 Å². The number of benzene rings is 1. The fourth-order valence-electron chi connectivity index (χ4n) is 1.99. The molecule has 0 saturated heterocycles. The largest absolute Gasteiger partial charge is 0.310 e. The average Bonchev–Trinajstić information content (AvgIpc) is 2.77. The SMILES string of the molecule is CCNC(Cc1nc(C)cs1)c1cc(Br)ccc1Cl. The summed E-state index contributed by atoms with van der Waals surface area (Å²) in [6.45, 7) is 5.03. The molecule has 1 heterocycles. The minimum absolute atomic E-state index is 0.195. The summed E-state index contributed by atoms with van der Waals surface area (Å²) >= 11 is 11.5. The third kappa shape index (κ3) is 4.02. The molecule has 2 nitrogen and oxygen atoms in total. The van der Waals surface area contributed by atoms with Crippen molar-refractivity contribution in [2.75, 3.05) is 6.54 Å². The molecule has 1 aromatic heterocycles. The molecule has 2 rings (SSSR count). The fraction of sp³-hybridized carbons (Fsp3) is 0.357. The minimum atomic E-state index is 0.195. The Morgan fingerprint density at radius 1 is 1.47 bits per heavy atom. The van der Waals surface area contributed by atoms with E-state index in [1.165, 1.54) is 0 Å². The lowest BCUT2D eigenvalue weighted by Crippen LogP contribution is -2.23. The van der Waals surface area contributed by atoms with Gasteiger partial charge in [-0.05, 0) is 37.2 Å². The normalized spacial score (nSPS) is 12.6. The van der Waals surface area contributed by atoms with Crippen molar-refractivity contribution in [3.05, 3.63) is 49.3 Å². The molecule has 0 aliphatic carbocycles. The van der Waals surface area contributed by atoms with Gasteiger partial charge in [0.2, 0.25) is 0 Å². The molecule has 1 N–H and O–H groups in total. The molecule has 0 amide bonds. The maximum absolute atomic E-state index is 6.32. The summed E-state index contributed by atoms with van der Waals surface area (Å²) in [6, 6.07) is 6.16. The van der Waals surface area contributed by atoms with E-state index in [0.29, 0.717) is 0 Å². The van der Waals surface area contributed by atoms with Gasteiger partial charge in [-0.25, -0.2) is 4.98 Å². The van der Waals surface area contributed by atoms with Crippen molar-refractivity contribution in [3.63, 3.8) is 0 Å². The van der Waals surface area contributed by atoms with Crippen LogP contribution in [0.25, 0.3) is 0 Å². The lowest BCUT2D eigenvalue weighted by atomic mass is 10.0. The van der Waals surface area contributed by atoms with E-state index in [-0.39, 0.29) is 6.04 Å². The molecule has 2 aromatic rings. The number of aryl methyl sites for hydroxylation is 1. The molecule has 0 aliphatic heterocycles. The van der Waals surface area contributed by atoms with Gasteiger partial charge in [-0.2, -0.15) is 0 Å². The first kappa shape index (κ1) is 15.0. The molecule has 0 spiro atoms. The van der Waals surface area contributed by atoms with E-state index in [0.717, 1.165) is 38.7 Å². The van der Waals surface area contributed by atoms with Crippen LogP contribution in [0.5, 0.6) is 0 Å². The molecular weight excluding hydrogens is 344 g/mol. The molecule has 5 heteroatoms. The Kier molecular flexibility index (Phi) is 5.39. The smallest absolute Gasteiger partial charge is 0.0947 e. The number of thiazole rings is 1. The van der Waals surface area contributed by atoms with E-state index >= 15 is 0 Å². The van der Waals surface area contributed by atoms with Gasteiger partial charge in [0.1, 0.15) is 0 Å². The number of hydrogen-bond acceptors (Lipinski definition) is 3. The quantitative estimate of drug-likeness (QED) is 0.832. The molecular formula is C14H16BrClN2S. The summed E-state index contributed by atoms with van der Waals surface area (Å²) in [5.41, 5.74) is 2.20. The molecule has 0 saturated carbocycles. The van der Waals surface area contributed by atoms with Gasteiger partial charge in [-0.3, -0.25) is 0 Å². The summed E-state index contributed by atoms with van der Waals surface area (Å²) in [7, 11) is 0. The van der Waals surface area contributed by atoms with E-state index in [9.17, 15) is 0 Å². The van der Waals surface area contributed by atoms with Crippen LogP contribution in [-0.4, -0.2) is 11.5 Å². The second kappa shape index (κ2) is 6.84. The number of halogens is 2. The van der Waals surface area contributed by atoms with Gasteiger partial charge in [0.05, 0.1) is 5.01 Å². The highest BCUT2D eigenvalue weighted by atomic mass is 79.9. The third-order valence-corrected chi connectivity index (χ3v) is 4.66. The van der Waals surface area contributed by atoms with E-state index in [4.69, 9.17) is 11.6 Å². The molecule has 1 unspecified atom stereocenters. The van der Waals surface area contributed by atoms with Crippen molar-refractivity contribution in [1.82, 2.24) is 10.3 Å². The fourth-order valence-corrected chi connectivity index (χ4v) is 3.44. The summed E-state index contributed by atoms with van der Waals surface area (Å²) in [4.78, 5) is 4.53. The lowest BCUT2D eigenvalue weighted by molar-refractivity contribution is 0.548. The number of hydrogen-bond donors (Lipinski definition) is 1. The third-order valence-electron chi connectivity index (χ3n) is 2.83. The van der Waals surface area contributed by atoms with Gasteiger partial charge in [-0.1, -0.05) is 34.5 Å². The lowest BCUT2D eigenvalue weighted by Gasteiger charge is -2.19. The second-order valence-electron chi connectivity index (χ2n) is 4.36. The van der Waals surface area contributed by atoms with Crippen LogP contribution in [0.2, 0.25) is 5.02 Å². The first-order chi connectivity index (χ1) is 9.10. The van der Waals surface area contributed by atoms with Gasteiger partial charge in [0.15, 0.2) is 0 Å². The standard InChI is InChI=1S/C14H16BrClN2S/c1-3-17-13(7-14-18-9(2)8-19-14)11-6-10(15)4-5-12(11)16/h4-6,8,13,17H,3,7H2,1-2H3. The number of aromatic nitrogens is 1. The average molecular weight is 360 g/mol. The zero-order valence-electron chi connectivity index (χ0n) is 10.9. The van der Waals surface area contributed by atoms with Crippen LogP contribution in [0.15, 0.2) is 28.1 Å². The van der Waals surface area contributed by atoms with Gasteiger partial charge in [0, 0.05) is 33.0 Å². The Morgan fingerprint density at radius 2 is 2.26 bits per heavy atom. The summed E-state index contributed by atoms with van der Waals surface area (Å²) in [5.74, 6) is 0. The predicted octanol–water partition coefficient (Wildman–Crippen LogP) is 4.76. The van der Waals surface area contributed by atoms with Crippen LogP contribution in [0.3, 0.4) is 0 Å². The molecule has 102 valence electrons. The highest BCUT2D eigenvalue weighted by Gasteiger charge is 2.16. The molecule has 0 aliphatic rings. The second-order valence-corrected chi connectivity index (χ2v) is 6.63. The van der Waals surface area contributed by atoms with Crippen LogP contribution in [0, 0.1) is 6.92 Å². The summed E-state index contributed by atoms with van der Waals surface area (Å²) in [5, 5.41) is 7.50. The van der Waals surface area contributed by atoms with Gasteiger partial charge >= 0.3 is 0 Å². The van der Waals surface area contributed by atoms with Crippen LogP contribution in [0.4, 0.5) is 0 Å². The highest BCUT2D eigenvalue weighted by molar-refractivity contribution is 9.10. The first-order valence-electron chi connectivity index (χ1n) is 6.19. The zero-order chi connectivity index (χ0) is 13.8. The van der Waals surface area contributed by atoms with Crippen molar-refractivity contribution in [2.24, 2.45) is 0 Å². The topological polar surface area (TPSA) is 24.9 Å². The molecule has 19 heavy (non-hydrogen) atoms. The van der Waals surface area contributed by atoms with Gasteiger partial charge < -0.3 is 5.32 Å².